The van der Waals surface area contributed by atoms with Gasteiger partial charge < -0.3 is 10.2 Å². The molecule has 1 heterocycles. The fourth-order valence-corrected chi connectivity index (χ4v) is 3.39. The highest BCUT2D eigenvalue weighted by atomic mass is 19.4. The summed E-state index contributed by atoms with van der Waals surface area (Å²) >= 11 is 0. The SMILES string of the molecule is CN1CCCC[C@H](c2cccc(-c3ccccc3COC(F)(F)F)c2)NC1=O. The molecule has 1 saturated heterocycles. The second-order valence-electron chi connectivity index (χ2n) is 6.94. The number of rotatable bonds is 4. The van der Waals surface area contributed by atoms with Gasteiger partial charge in [0.15, 0.2) is 0 Å². The van der Waals surface area contributed by atoms with Crippen LogP contribution in [0.5, 0.6) is 0 Å². The Hall–Kier alpha value is -2.54. The van der Waals surface area contributed by atoms with Crippen LogP contribution < -0.4 is 5.32 Å². The Morgan fingerprint density at radius 1 is 1.14 bits per heavy atom. The van der Waals surface area contributed by atoms with Gasteiger partial charge in [0, 0.05) is 13.6 Å². The Morgan fingerprint density at radius 2 is 1.93 bits per heavy atom. The first-order valence-corrected chi connectivity index (χ1v) is 9.24. The molecule has 2 aromatic rings. The lowest BCUT2D eigenvalue weighted by molar-refractivity contribution is -0.330. The van der Waals surface area contributed by atoms with E-state index in [1.165, 1.54) is 0 Å². The largest absolute Gasteiger partial charge is 0.522 e. The Morgan fingerprint density at radius 3 is 2.71 bits per heavy atom. The fraction of sp³-hybridized carbons (Fsp3) is 0.381. The molecule has 2 aromatic carbocycles. The average molecular weight is 392 g/mol. The highest BCUT2D eigenvalue weighted by molar-refractivity contribution is 5.75. The number of carbonyl (C=O) groups excluding carboxylic acids is 1. The second kappa shape index (κ2) is 8.65. The van der Waals surface area contributed by atoms with Gasteiger partial charge in [0.2, 0.25) is 0 Å². The lowest BCUT2D eigenvalue weighted by atomic mass is 9.94. The van der Waals surface area contributed by atoms with E-state index in [-0.39, 0.29) is 12.1 Å². The number of amides is 2. The van der Waals surface area contributed by atoms with Crippen molar-refractivity contribution in [1.82, 2.24) is 10.2 Å². The van der Waals surface area contributed by atoms with Crippen molar-refractivity contribution >= 4 is 6.03 Å². The zero-order valence-electron chi connectivity index (χ0n) is 15.6. The van der Waals surface area contributed by atoms with E-state index in [1.807, 2.05) is 24.3 Å². The molecule has 7 heteroatoms. The lowest BCUT2D eigenvalue weighted by Gasteiger charge is -2.27. The van der Waals surface area contributed by atoms with Crippen molar-refractivity contribution in [1.29, 1.82) is 0 Å². The van der Waals surface area contributed by atoms with Crippen LogP contribution in [0.15, 0.2) is 48.5 Å². The lowest BCUT2D eigenvalue weighted by Crippen LogP contribution is -2.41. The molecule has 0 radical (unpaired) electrons. The van der Waals surface area contributed by atoms with Crippen LogP contribution in [0.1, 0.15) is 36.4 Å². The molecule has 2 amide bonds. The summed E-state index contributed by atoms with van der Waals surface area (Å²) in [7, 11) is 1.77. The summed E-state index contributed by atoms with van der Waals surface area (Å²) in [6.45, 7) is 0.181. The summed E-state index contributed by atoms with van der Waals surface area (Å²) in [5.41, 5.74) is 2.87. The van der Waals surface area contributed by atoms with E-state index < -0.39 is 13.0 Å². The third-order valence-electron chi connectivity index (χ3n) is 4.89. The Bertz CT molecular complexity index is 823. The van der Waals surface area contributed by atoms with Crippen LogP contribution in [0.2, 0.25) is 0 Å². The average Bonchev–Trinajstić information content (AvgIpc) is 2.67. The summed E-state index contributed by atoms with van der Waals surface area (Å²) in [6, 6.07) is 14.2. The van der Waals surface area contributed by atoms with Crippen LogP contribution in [0.25, 0.3) is 11.1 Å². The van der Waals surface area contributed by atoms with Crippen molar-refractivity contribution in [2.24, 2.45) is 0 Å². The van der Waals surface area contributed by atoms with Crippen molar-refractivity contribution < 1.29 is 22.7 Å². The second-order valence-corrected chi connectivity index (χ2v) is 6.94. The summed E-state index contributed by atoms with van der Waals surface area (Å²) < 4.78 is 41.4. The van der Waals surface area contributed by atoms with E-state index in [4.69, 9.17) is 0 Å². The first kappa shape index (κ1) is 20.2. The highest BCUT2D eigenvalue weighted by Gasteiger charge is 2.29. The molecule has 150 valence electrons. The minimum Gasteiger partial charge on any atom is -0.331 e. The first-order chi connectivity index (χ1) is 13.3. The normalized spacial score (nSPS) is 18.4. The molecule has 0 aromatic heterocycles. The molecule has 28 heavy (non-hydrogen) atoms. The Labute approximate surface area is 162 Å². The molecule has 0 bridgehead atoms. The third-order valence-corrected chi connectivity index (χ3v) is 4.89. The van der Waals surface area contributed by atoms with Crippen LogP contribution in [0.4, 0.5) is 18.0 Å². The molecular formula is C21H23F3N2O2. The van der Waals surface area contributed by atoms with Gasteiger partial charge in [0.25, 0.3) is 0 Å². The van der Waals surface area contributed by atoms with Crippen LogP contribution in [-0.2, 0) is 11.3 Å². The fourth-order valence-electron chi connectivity index (χ4n) is 3.39. The van der Waals surface area contributed by atoms with Gasteiger partial charge in [0.1, 0.15) is 0 Å². The van der Waals surface area contributed by atoms with Gasteiger partial charge in [-0.2, -0.15) is 0 Å². The van der Waals surface area contributed by atoms with Gasteiger partial charge in [-0.15, -0.1) is 13.2 Å². The molecule has 0 aliphatic carbocycles. The van der Waals surface area contributed by atoms with Crippen molar-refractivity contribution in [3.63, 3.8) is 0 Å². The number of hydrogen-bond donors (Lipinski definition) is 1. The number of urea groups is 1. The maximum Gasteiger partial charge on any atom is 0.522 e. The van der Waals surface area contributed by atoms with Crippen LogP contribution in [-0.4, -0.2) is 30.9 Å². The molecule has 1 fully saturated rings. The molecule has 1 aliphatic rings. The molecule has 0 spiro atoms. The number of ether oxygens (including phenoxy) is 1. The van der Waals surface area contributed by atoms with E-state index in [1.54, 1.807) is 36.2 Å². The van der Waals surface area contributed by atoms with Gasteiger partial charge in [-0.05, 0) is 47.6 Å². The minimum absolute atomic E-state index is 0.117. The minimum atomic E-state index is -4.68. The Kier molecular flexibility index (Phi) is 6.24. The first-order valence-electron chi connectivity index (χ1n) is 9.24. The van der Waals surface area contributed by atoms with Gasteiger partial charge in [0.05, 0.1) is 12.6 Å². The predicted molar refractivity (Wildman–Crippen MR) is 100 cm³/mol. The van der Waals surface area contributed by atoms with Crippen molar-refractivity contribution in [2.75, 3.05) is 13.6 Å². The molecule has 3 rings (SSSR count). The predicted octanol–water partition coefficient (Wildman–Crippen LogP) is 5.26. The van der Waals surface area contributed by atoms with Crippen molar-refractivity contribution in [2.45, 2.75) is 38.3 Å². The third kappa shape index (κ3) is 5.25. The van der Waals surface area contributed by atoms with Crippen LogP contribution >= 0.6 is 0 Å². The van der Waals surface area contributed by atoms with Crippen molar-refractivity contribution in [3.8, 4) is 11.1 Å². The highest BCUT2D eigenvalue weighted by Crippen LogP contribution is 2.30. The number of carbonyl (C=O) groups is 1. The van der Waals surface area contributed by atoms with E-state index in [0.29, 0.717) is 11.1 Å². The molecule has 1 atom stereocenters. The molecule has 1 N–H and O–H groups in total. The number of benzene rings is 2. The van der Waals surface area contributed by atoms with E-state index in [2.05, 4.69) is 10.1 Å². The number of hydrogen-bond acceptors (Lipinski definition) is 2. The number of nitrogens with zero attached hydrogens (tertiary/aromatic N) is 1. The summed E-state index contributed by atoms with van der Waals surface area (Å²) in [5.74, 6) is 0. The zero-order chi connectivity index (χ0) is 20.1. The quantitative estimate of drug-likeness (QED) is 0.772. The van der Waals surface area contributed by atoms with Crippen molar-refractivity contribution in [3.05, 3.63) is 59.7 Å². The maximum atomic E-state index is 12.5. The summed E-state index contributed by atoms with van der Waals surface area (Å²) in [6.07, 6.45) is -1.93. The molecule has 0 unspecified atom stereocenters. The van der Waals surface area contributed by atoms with Gasteiger partial charge >= 0.3 is 12.4 Å². The van der Waals surface area contributed by atoms with E-state index in [9.17, 15) is 18.0 Å². The smallest absolute Gasteiger partial charge is 0.331 e. The number of alkyl halides is 3. The monoisotopic (exact) mass is 392 g/mol. The molecule has 0 saturated carbocycles. The van der Waals surface area contributed by atoms with Gasteiger partial charge in [-0.1, -0.05) is 42.5 Å². The van der Waals surface area contributed by atoms with Crippen LogP contribution in [0.3, 0.4) is 0 Å². The standard InChI is InChI=1S/C21H23F3N2O2/c1-26-12-5-4-11-19(25-20(26)27)16-9-6-8-15(13-16)18-10-3-2-7-17(18)14-28-21(22,23)24/h2-3,6-10,13,19H,4-5,11-12,14H2,1H3,(H,25,27)/t19-/m1/s1. The Balaban J connectivity index is 1.86. The van der Waals surface area contributed by atoms with Gasteiger partial charge in [-0.3, -0.25) is 4.74 Å². The van der Waals surface area contributed by atoms with E-state index in [0.717, 1.165) is 36.9 Å². The van der Waals surface area contributed by atoms with E-state index >= 15 is 0 Å². The molecule has 4 nitrogen and oxygen atoms in total. The molecule has 1 aliphatic heterocycles. The molecular weight excluding hydrogens is 369 g/mol. The topological polar surface area (TPSA) is 41.6 Å². The number of nitrogens with one attached hydrogen (secondary N) is 1. The zero-order valence-corrected chi connectivity index (χ0v) is 15.6. The maximum absolute atomic E-state index is 12.5. The summed E-state index contributed by atoms with van der Waals surface area (Å²) in [4.78, 5) is 13.9. The van der Waals surface area contributed by atoms with Gasteiger partial charge in [-0.25, -0.2) is 4.79 Å². The van der Waals surface area contributed by atoms with Crippen LogP contribution in [0, 0.1) is 0 Å². The summed E-state index contributed by atoms with van der Waals surface area (Å²) in [5, 5.41) is 3.04. The number of halogens is 3.